The number of hydrogen-bond acceptors (Lipinski definition) is 2. The van der Waals surface area contributed by atoms with Crippen LogP contribution in [0, 0.1) is 5.92 Å². The fourth-order valence-electron chi connectivity index (χ4n) is 1.42. The Hall–Kier alpha value is -0.830. The molecule has 1 atom stereocenters. The summed E-state index contributed by atoms with van der Waals surface area (Å²) in [6, 6.07) is 2.49. The molecular formula is C12H22N2O. The summed E-state index contributed by atoms with van der Waals surface area (Å²) in [7, 11) is 0. The minimum absolute atomic E-state index is 0.456. The van der Waals surface area contributed by atoms with Crippen molar-refractivity contribution in [2.24, 2.45) is 5.92 Å². The van der Waals surface area contributed by atoms with Gasteiger partial charge in [-0.15, -0.1) is 0 Å². The van der Waals surface area contributed by atoms with Gasteiger partial charge >= 0.3 is 0 Å². The standard InChI is InChI=1S/C12H22N2O/c1-5-11(4)14-12(6-7-13-14)9-15-8-10(2)3/h6-7,10-11H,5,8-9H2,1-4H3/t11-/m0/s1. The van der Waals surface area contributed by atoms with Crippen molar-refractivity contribution in [3.8, 4) is 0 Å². The lowest BCUT2D eigenvalue weighted by Gasteiger charge is -2.14. The molecule has 0 fully saturated rings. The molecule has 3 nitrogen and oxygen atoms in total. The Labute approximate surface area is 92.4 Å². The van der Waals surface area contributed by atoms with E-state index >= 15 is 0 Å². The summed E-state index contributed by atoms with van der Waals surface area (Å²) in [6.45, 7) is 10.1. The van der Waals surface area contributed by atoms with Gasteiger partial charge in [-0.2, -0.15) is 5.10 Å². The van der Waals surface area contributed by atoms with E-state index < -0.39 is 0 Å². The van der Waals surface area contributed by atoms with Crippen molar-refractivity contribution in [3.05, 3.63) is 18.0 Å². The molecule has 86 valence electrons. The van der Waals surface area contributed by atoms with Crippen LogP contribution >= 0.6 is 0 Å². The molecule has 0 saturated carbocycles. The molecule has 0 aliphatic rings. The second-order valence-corrected chi connectivity index (χ2v) is 4.43. The van der Waals surface area contributed by atoms with E-state index in [2.05, 4.69) is 37.5 Å². The molecule has 0 N–H and O–H groups in total. The van der Waals surface area contributed by atoms with Gasteiger partial charge in [0.05, 0.1) is 12.3 Å². The van der Waals surface area contributed by atoms with E-state index in [0.29, 0.717) is 18.6 Å². The Morgan fingerprint density at radius 2 is 2.13 bits per heavy atom. The van der Waals surface area contributed by atoms with E-state index in [4.69, 9.17) is 4.74 Å². The Balaban J connectivity index is 2.50. The average Bonchev–Trinajstić information content (AvgIpc) is 2.64. The molecule has 0 unspecified atom stereocenters. The number of nitrogens with zero attached hydrogens (tertiary/aromatic N) is 2. The first-order valence-corrected chi connectivity index (χ1v) is 5.75. The summed E-state index contributed by atoms with van der Waals surface area (Å²) in [6.07, 6.45) is 2.94. The molecule has 3 heteroatoms. The van der Waals surface area contributed by atoms with E-state index in [-0.39, 0.29) is 0 Å². The lowest BCUT2D eigenvalue weighted by molar-refractivity contribution is 0.0909. The zero-order valence-corrected chi connectivity index (χ0v) is 10.2. The Bertz CT molecular complexity index is 281. The third-order valence-corrected chi connectivity index (χ3v) is 2.46. The van der Waals surface area contributed by atoms with Gasteiger partial charge in [0.15, 0.2) is 0 Å². The minimum Gasteiger partial charge on any atom is -0.375 e. The van der Waals surface area contributed by atoms with Gasteiger partial charge in [-0.05, 0) is 25.3 Å². The van der Waals surface area contributed by atoms with Crippen LogP contribution in [0.25, 0.3) is 0 Å². The Kier molecular flexibility index (Phi) is 4.82. The summed E-state index contributed by atoms with van der Waals surface area (Å²) < 4.78 is 7.67. The molecule has 1 aromatic heterocycles. The number of hydrogen-bond donors (Lipinski definition) is 0. The van der Waals surface area contributed by atoms with Crippen LogP contribution in [0.2, 0.25) is 0 Å². The van der Waals surface area contributed by atoms with Crippen LogP contribution in [0.3, 0.4) is 0 Å². The SMILES string of the molecule is CC[C@H](C)n1nccc1COCC(C)C. The molecule has 0 aliphatic heterocycles. The van der Waals surface area contributed by atoms with E-state index in [1.807, 2.05) is 12.3 Å². The zero-order chi connectivity index (χ0) is 11.3. The van der Waals surface area contributed by atoms with Crippen molar-refractivity contribution < 1.29 is 4.74 Å². The maximum absolute atomic E-state index is 5.61. The second-order valence-electron chi connectivity index (χ2n) is 4.43. The number of ether oxygens (including phenoxy) is 1. The van der Waals surface area contributed by atoms with Crippen molar-refractivity contribution in [2.45, 2.75) is 46.8 Å². The monoisotopic (exact) mass is 210 g/mol. The van der Waals surface area contributed by atoms with Gasteiger partial charge in [0.2, 0.25) is 0 Å². The third kappa shape index (κ3) is 3.67. The average molecular weight is 210 g/mol. The van der Waals surface area contributed by atoms with E-state index in [9.17, 15) is 0 Å². The largest absolute Gasteiger partial charge is 0.375 e. The predicted octanol–water partition coefficient (Wildman–Crippen LogP) is 3.03. The van der Waals surface area contributed by atoms with Crippen LogP contribution in [0.4, 0.5) is 0 Å². The number of aromatic nitrogens is 2. The highest BCUT2D eigenvalue weighted by molar-refractivity contribution is 5.00. The molecular weight excluding hydrogens is 188 g/mol. The van der Waals surface area contributed by atoms with Gasteiger partial charge in [-0.25, -0.2) is 0 Å². The first-order valence-electron chi connectivity index (χ1n) is 5.75. The highest BCUT2D eigenvalue weighted by Gasteiger charge is 2.08. The van der Waals surface area contributed by atoms with Crippen LogP contribution < -0.4 is 0 Å². The van der Waals surface area contributed by atoms with Crippen LogP contribution in [-0.4, -0.2) is 16.4 Å². The Morgan fingerprint density at radius 3 is 2.73 bits per heavy atom. The highest BCUT2D eigenvalue weighted by Crippen LogP contribution is 2.13. The summed E-state index contributed by atoms with van der Waals surface area (Å²) in [4.78, 5) is 0. The fraction of sp³-hybridized carbons (Fsp3) is 0.750. The zero-order valence-electron chi connectivity index (χ0n) is 10.2. The van der Waals surface area contributed by atoms with Gasteiger partial charge in [0.1, 0.15) is 0 Å². The fourth-order valence-corrected chi connectivity index (χ4v) is 1.42. The first kappa shape index (κ1) is 12.2. The molecule has 0 spiro atoms. The normalized spacial score (nSPS) is 13.4. The molecule has 0 bridgehead atoms. The minimum atomic E-state index is 0.456. The van der Waals surface area contributed by atoms with Crippen molar-refractivity contribution in [1.82, 2.24) is 9.78 Å². The van der Waals surface area contributed by atoms with E-state index in [1.165, 1.54) is 5.69 Å². The maximum atomic E-state index is 5.61. The van der Waals surface area contributed by atoms with Gasteiger partial charge in [0, 0.05) is 18.8 Å². The molecule has 0 aromatic carbocycles. The molecule has 1 rings (SSSR count). The van der Waals surface area contributed by atoms with Crippen LogP contribution in [-0.2, 0) is 11.3 Å². The Morgan fingerprint density at radius 1 is 1.40 bits per heavy atom. The quantitative estimate of drug-likeness (QED) is 0.721. The summed E-state index contributed by atoms with van der Waals surface area (Å²) in [5, 5.41) is 4.32. The molecule has 0 amide bonds. The molecule has 0 radical (unpaired) electrons. The summed E-state index contributed by atoms with van der Waals surface area (Å²) in [5.74, 6) is 0.588. The molecule has 15 heavy (non-hydrogen) atoms. The van der Waals surface area contributed by atoms with Gasteiger partial charge in [-0.3, -0.25) is 4.68 Å². The molecule has 1 aromatic rings. The maximum Gasteiger partial charge on any atom is 0.0885 e. The lowest BCUT2D eigenvalue weighted by atomic mass is 10.2. The van der Waals surface area contributed by atoms with Crippen LogP contribution in [0.1, 0.15) is 45.9 Å². The summed E-state index contributed by atoms with van der Waals surface area (Å²) in [5.41, 5.74) is 1.17. The number of rotatable bonds is 6. The van der Waals surface area contributed by atoms with E-state index in [0.717, 1.165) is 13.0 Å². The first-order chi connectivity index (χ1) is 7.15. The lowest BCUT2D eigenvalue weighted by Crippen LogP contribution is -2.11. The smallest absolute Gasteiger partial charge is 0.0885 e. The third-order valence-electron chi connectivity index (χ3n) is 2.46. The highest BCUT2D eigenvalue weighted by atomic mass is 16.5. The predicted molar refractivity (Wildman–Crippen MR) is 61.7 cm³/mol. The van der Waals surface area contributed by atoms with E-state index in [1.54, 1.807) is 0 Å². The molecule has 0 aliphatic carbocycles. The van der Waals surface area contributed by atoms with Crippen molar-refractivity contribution in [2.75, 3.05) is 6.61 Å². The van der Waals surface area contributed by atoms with Gasteiger partial charge < -0.3 is 4.74 Å². The van der Waals surface area contributed by atoms with Crippen LogP contribution in [0.5, 0.6) is 0 Å². The summed E-state index contributed by atoms with van der Waals surface area (Å²) >= 11 is 0. The molecule has 0 saturated heterocycles. The van der Waals surface area contributed by atoms with Crippen molar-refractivity contribution in [3.63, 3.8) is 0 Å². The topological polar surface area (TPSA) is 27.1 Å². The van der Waals surface area contributed by atoms with Gasteiger partial charge in [-0.1, -0.05) is 20.8 Å². The second kappa shape index (κ2) is 5.91. The van der Waals surface area contributed by atoms with Crippen LogP contribution in [0.15, 0.2) is 12.3 Å². The molecule has 1 heterocycles. The van der Waals surface area contributed by atoms with Gasteiger partial charge in [0.25, 0.3) is 0 Å². The van der Waals surface area contributed by atoms with Crippen molar-refractivity contribution >= 4 is 0 Å². The van der Waals surface area contributed by atoms with Crippen molar-refractivity contribution in [1.29, 1.82) is 0 Å².